The van der Waals surface area contributed by atoms with E-state index in [1.54, 1.807) is 6.92 Å². The molecule has 0 aromatic heterocycles. The Labute approximate surface area is 88.9 Å². The van der Waals surface area contributed by atoms with Gasteiger partial charge in [0.15, 0.2) is 0 Å². The molecule has 84 valence electrons. The Morgan fingerprint density at radius 1 is 1.21 bits per heavy atom. The summed E-state index contributed by atoms with van der Waals surface area (Å²) in [6.45, 7) is 7.24. The Morgan fingerprint density at radius 2 is 1.71 bits per heavy atom. The molecule has 0 unspecified atom stereocenters. The molecule has 2 nitrogen and oxygen atoms in total. The van der Waals surface area contributed by atoms with Crippen molar-refractivity contribution < 1.29 is 9.28 Å². The number of rotatable bonds is 6. The molecule has 2 heteroatoms. The highest BCUT2D eigenvalue weighted by molar-refractivity contribution is 5.75. The number of hydrogen-bond acceptors (Lipinski definition) is 1. The van der Waals surface area contributed by atoms with Gasteiger partial charge in [0.2, 0.25) is 0 Å². The lowest BCUT2D eigenvalue weighted by molar-refractivity contribution is -0.873. The molecule has 0 aliphatic heterocycles. The smallest absolute Gasteiger partial charge is 0.130 e. The van der Waals surface area contributed by atoms with E-state index in [-0.39, 0.29) is 0 Å². The van der Waals surface area contributed by atoms with Gasteiger partial charge in [0.05, 0.1) is 27.7 Å². The van der Waals surface area contributed by atoms with Crippen molar-refractivity contribution in [1.82, 2.24) is 0 Å². The molecule has 14 heavy (non-hydrogen) atoms. The second-order valence-corrected chi connectivity index (χ2v) is 5.87. The fraction of sp³-hybridized carbons (Fsp3) is 0.917. The normalized spacial score (nSPS) is 14.5. The first kappa shape index (κ1) is 13.6. The summed E-state index contributed by atoms with van der Waals surface area (Å²) < 4.78 is 0.949. The maximum atomic E-state index is 11.1. The maximum Gasteiger partial charge on any atom is 0.130 e. The standard InChI is InChI=1S/C12H26NO/c1-10(2)7-12(8-11(3)14)9-13(4,5)6/h10,12H,7-9H2,1-6H3/q+1/t12-/m0/s1. The van der Waals surface area contributed by atoms with Crippen LogP contribution in [0.15, 0.2) is 0 Å². The predicted octanol–water partition coefficient (Wildman–Crippen LogP) is 2.33. The molecule has 0 saturated carbocycles. The highest BCUT2D eigenvalue weighted by Gasteiger charge is 2.20. The molecule has 0 spiro atoms. The first-order valence-electron chi connectivity index (χ1n) is 5.50. The molecule has 0 rings (SSSR count). The van der Waals surface area contributed by atoms with E-state index in [1.807, 2.05) is 0 Å². The number of carbonyl (C=O) groups is 1. The third kappa shape index (κ3) is 8.24. The molecule has 0 bridgehead atoms. The zero-order valence-corrected chi connectivity index (χ0v) is 10.6. The summed E-state index contributed by atoms with van der Waals surface area (Å²) in [6, 6.07) is 0. The fourth-order valence-electron chi connectivity index (χ4n) is 2.07. The third-order valence-electron chi connectivity index (χ3n) is 2.19. The van der Waals surface area contributed by atoms with Crippen LogP contribution in [-0.2, 0) is 4.79 Å². The second-order valence-electron chi connectivity index (χ2n) is 5.87. The summed E-state index contributed by atoms with van der Waals surface area (Å²) >= 11 is 0. The third-order valence-corrected chi connectivity index (χ3v) is 2.19. The van der Waals surface area contributed by atoms with Gasteiger partial charge in [-0.25, -0.2) is 0 Å². The lowest BCUT2D eigenvalue weighted by atomic mass is 9.92. The summed E-state index contributed by atoms with van der Waals surface area (Å²) in [5.41, 5.74) is 0. The largest absolute Gasteiger partial charge is 0.331 e. The Bertz CT molecular complexity index is 179. The molecule has 0 aliphatic rings. The number of quaternary nitrogens is 1. The zero-order chi connectivity index (χ0) is 11.4. The van der Waals surface area contributed by atoms with E-state index < -0.39 is 0 Å². The zero-order valence-electron chi connectivity index (χ0n) is 10.6. The summed E-state index contributed by atoms with van der Waals surface area (Å²) in [4.78, 5) is 11.1. The highest BCUT2D eigenvalue weighted by atomic mass is 16.1. The van der Waals surface area contributed by atoms with Crippen LogP contribution in [0.5, 0.6) is 0 Å². The number of hydrogen-bond donors (Lipinski definition) is 0. The van der Waals surface area contributed by atoms with Crippen LogP contribution in [0.4, 0.5) is 0 Å². The number of nitrogens with zero attached hydrogens (tertiary/aromatic N) is 1. The van der Waals surface area contributed by atoms with Crippen LogP contribution in [0, 0.1) is 11.8 Å². The maximum absolute atomic E-state index is 11.1. The van der Waals surface area contributed by atoms with E-state index in [1.165, 1.54) is 0 Å². The van der Waals surface area contributed by atoms with Crippen molar-refractivity contribution in [1.29, 1.82) is 0 Å². The molecule has 0 fully saturated rings. The Kier molecular flexibility index (Phi) is 5.35. The highest BCUT2D eigenvalue weighted by Crippen LogP contribution is 2.18. The second kappa shape index (κ2) is 5.50. The van der Waals surface area contributed by atoms with Gasteiger partial charge in [-0.15, -0.1) is 0 Å². The first-order chi connectivity index (χ1) is 6.20. The molecular formula is C12H26NO+. The van der Waals surface area contributed by atoms with Gasteiger partial charge in [-0.05, 0) is 19.3 Å². The van der Waals surface area contributed by atoms with Crippen molar-refractivity contribution in [3.05, 3.63) is 0 Å². The number of ketones is 1. The van der Waals surface area contributed by atoms with E-state index in [2.05, 4.69) is 35.0 Å². The quantitative estimate of drug-likeness (QED) is 0.601. The lowest BCUT2D eigenvalue weighted by Gasteiger charge is -2.29. The first-order valence-corrected chi connectivity index (χ1v) is 5.50. The van der Waals surface area contributed by atoms with Crippen LogP contribution in [-0.4, -0.2) is 38.0 Å². The number of carbonyl (C=O) groups excluding carboxylic acids is 1. The predicted molar refractivity (Wildman–Crippen MR) is 61.1 cm³/mol. The molecule has 0 saturated heterocycles. The minimum absolute atomic E-state index is 0.323. The van der Waals surface area contributed by atoms with Crippen molar-refractivity contribution in [2.24, 2.45) is 11.8 Å². The van der Waals surface area contributed by atoms with Crippen LogP contribution < -0.4 is 0 Å². The van der Waals surface area contributed by atoms with Crippen molar-refractivity contribution in [2.45, 2.75) is 33.6 Å². The van der Waals surface area contributed by atoms with Gasteiger partial charge in [-0.3, -0.25) is 0 Å². The van der Waals surface area contributed by atoms with Crippen LogP contribution in [0.25, 0.3) is 0 Å². The average molecular weight is 200 g/mol. The van der Waals surface area contributed by atoms with Crippen LogP contribution >= 0.6 is 0 Å². The summed E-state index contributed by atoms with van der Waals surface area (Å²) in [7, 11) is 6.56. The van der Waals surface area contributed by atoms with E-state index in [0.717, 1.165) is 23.9 Å². The molecular weight excluding hydrogens is 174 g/mol. The minimum atomic E-state index is 0.323. The molecule has 0 amide bonds. The van der Waals surface area contributed by atoms with Gasteiger partial charge in [0.25, 0.3) is 0 Å². The Balaban J connectivity index is 4.17. The van der Waals surface area contributed by atoms with Crippen LogP contribution in [0.3, 0.4) is 0 Å². The summed E-state index contributed by atoms with van der Waals surface area (Å²) in [5, 5.41) is 0. The average Bonchev–Trinajstić information content (AvgIpc) is 1.77. The van der Waals surface area contributed by atoms with Gasteiger partial charge in [-0.1, -0.05) is 13.8 Å². The topological polar surface area (TPSA) is 17.1 Å². The monoisotopic (exact) mass is 200 g/mol. The molecule has 0 heterocycles. The van der Waals surface area contributed by atoms with Gasteiger partial charge in [0, 0.05) is 12.3 Å². The molecule has 0 N–H and O–H groups in total. The van der Waals surface area contributed by atoms with E-state index in [9.17, 15) is 4.79 Å². The van der Waals surface area contributed by atoms with E-state index >= 15 is 0 Å². The SMILES string of the molecule is CC(=O)C[C@H](CC(C)C)C[N+](C)(C)C. The van der Waals surface area contributed by atoms with Gasteiger partial charge in [-0.2, -0.15) is 0 Å². The van der Waals surface area contributed by atoms with Crippen LogP contribution in [0.2, 0.25) is 0 Å². The molecule has 0 aromatic rings. The minimum Gasteiger partial charge on any atom is -0.331 e. The molecule has 1 atom stereocenters. The van der Waals surface area contributed by atoms with Gasteiger partial charge in [0.1, 0.15) is 5.78 Å². The number of Topliss-reactive ketones (excluding diaryl/α,β-unsaturated/α-hetero) is 1. The fourth-order valence-corrected chi connectivity index (χ4v) is 2.07. The molecule has 0 aliphatic carbocycles. The van der Waals surface area contributed by atoms with Gasteiger partial charge >= 0.3 is 0 Å². The summed E-state index contributed by atoms with van der Waals surface area (Å²) in [6.07, 6.45) is 1.91. The summed E-state index contributed by atoms with van der Waals surface area (Å²) in [5.74, 6) is 1.56. The van der Waals surface area contributed by atoms with E-state index in [4.69, 9.17) is 0 Å². The van der Waals surface area contributed by atoms with E-state index in [0.29, 0.717) is 17.6 Å². The lowest BCUT2D eigenvalue weighted by Crippen LogP contribution is -2.40. The van der Waals surface area contributed by atoms with Gasteiger partial charge < -0.3 is 9.28 Å². The Morgan fingerprint density at radius 3 is 2.00 bits per heavy atom. The van der Waals surface area contributed by atoms with Crippen molar-refractivity contribution >= 4 is 5.78 Å². The van der Waals surface area contributed by atoms with Crippen molar-refractivity contribution in [3.63, 3.8) is 0 Å². The molecule has 0 radical (unpaired) electrons. The van der Waals surface area contributed by atoms with Crippen LogP contribution in [0.1, 0.15) is 33.6 Å². The Hall–Kier alpha value is -0.370. The van der Waals surface area contributed by atoms with Crippen molar-refractivity contribution in [3.8, 4) is 0 Å². The van der Waals surface area contributed by atoms with Crippen molar-refractivity contribution in [2.75, 3.05) is 27.7 Å². The molecule has 0 aromatic carbocycles.